The summed E-state index contributed by atoms with van der Waals surface area (Å²) < 4.78 is 0. The van der Waals surface area contributed by atoms with Gasteiger partial charge in [-0.25, -0.2) is 0 Å². The Bertz CT molecular complexity index is 784. The Hall–Kier alpha value is -1.94. The number of carboxylic acid groups (broad SMARTS) is 1. The van der Waals surface area contributed by atoms with Crippen molar-refractivity contribution in [2.75, 3.05) is 0 Å². The Kier molecular flexibility index (Phi) is 6.40. The Morgan fingerprint density at radius 2 is 1.73 bits per heavy atom. The Balaban J connectivity index is 2.25. The van der Waals surface area contributed by atoms with Crippen molar-refractivity contribution >= 4 is 23.1 Å². The number of hydrogen-bond acceptors (Lipinski definition) is 3. The first kappa shape index (κ1) is 20.4. The summed E-state index contributed by atoms with van der Waals surface area (Å²) in [6.07, 6.45) is 1.22. The summed E-state index contributed by atoms with van der Waals surface area (Å²) in [6, 6.07) is 10.6. The minimum absolute atomic E-state index is 0.00423. The Labute approximate surface area is 160 Å². The molecule has 1 unspecified atom stereocenters. The van der Waals surface area contributed by atoms with Crippen LogP contribution in [0.2, 0.25) is 0 Å². The first-order valence-electron chi connectivity index (χ1n) is 9.05. The predicted octanol–water partition coefficient (Wildman–Crippen LogP) is 5.98. The molecular weight excluding hydrogens is 344 g/mol. The van der Waals surface area contributed by atoms with Gasteiger partial charge in [-0.3, -0.25) is 9.59 Å². The normalized spacial score (nSPS) is 12.8. The van der Waals surface area contributed by atoms with Crippen LogP contribution < -0.4 is 0 Å². The first-order chi connectivity index (χ1) is 12.1. The van der Waals surface area contributed by atoms with Crippen LogP contribution in [0.4, 0.5) is 0 Å². The van der Waals surface area contributed by atoms with Crippen LogP contribution in [-0.4, -0.2) is 16.9 Å². The fourth-order valence-electron chi connectivity index (χ4n) is 3.36. The van der Waals surface area contributed by atoms with Crippen molar-refractivity contribution in [3.05, 3.63) is 56.8 Å². The lowest BCUT2D eigenvalue weighted by atomic mass is 9.82. The molecule has 1 N–H and O–H groups in total. The van der Waals surface area contributed by atoms with E-state index in [0.29, 0.717) is 0 Å². The van der Waals surface area contributed by atoms with E-state index in [-0.39, 0.29) is 24.5 Å². The Morgan fingerprint density at radius 3 is 2.27 bits per heavy atom. The van der Waals surface area contributed by atoms with E-state index < -0.39 is 11.4 Å². The van der Waals surface area contributed by atoms with Gasteiger partial charge in [0.1, 0.15) is 0 Å². The van der Waals surface area contributed by atoms with Gasteiger partial charge in [0.05, 0.1) is 6.42 Å². The molecule has 1 aromatic carbocycles. The zero-order valence-electron chi connectivity index (χ0n) is 16.3. The number of carboxylic acids is 1. The second-order valence-electron chi connectivity index (χ2n) is 7.82. The van der Waals surface area contributed by atoms with Crippen molar-refractivity contribution in [3.63, 3.8) is 0 Å². The van der Waals surface area contributed by atoms with Gasteiger partial charge in [-0.2, -0.15) is 0 Å². The van der Waals surface area contributed by atoms with Crippen LogP contribution in [0.25, 0.3) is 0 Å². The molecule has 3 nitrogen and oxygen atoms in total. The molecule has 26 heavy (non-hydrogen) atoms. The predicted molar refractivity (Wildman–Crippen MR) is 107 cm³/mol. The molecule has 0 aliphatic carbocycles. The molecular formula is C22H28O3S. The molecule has 0 spiro atoms. The molecule has 0 aliphatic heterocycles. The summed E-state index contributed by atoms with van der Waals surface area (Å²) in [5.41, 5.74) is 2.71. The van der Waals surface area contributed by atoms with Crippen LogP contribution in [0.5, 0.6) is 0 Å². The maximum Gasteiger partial charge on any atom is 0.303 e. The number of rotatable bonds is 8. The standard InChI is InChI=1S/C22H28O3S/c1-6-17(16-9-7-14(2)8-10-16)20-11-18(15(3)26-20)19(23)12-22(4,5)13-21(24)25/h7-11,17H,6,12-13H2,1-5H3,(H,24,25). The summed E-state index contributed by atoms with van der Waals surface area (Å²) >= 11 is 1.68. The maximum atomic E-state index is 12.8. The van der Waals surface area contributed by atoms with Gasteiger partial charge in [0.25, 0.3) is 0 Å². The molecule has 2 rings (SSSR count). The van der Waals surface area contributed by atoms with Crippen LogP contribution in [0, 0.1) is 19.3 Å². The number of ketones is 1. The second-order valence-corrected chi connectivity index (χ2v) is 9.11. The van der Waals surface area contributed by atoms with E-state index in [1.165, 1.54) is 16.0 Å². The van der Waals surface area contributed by atoms with Crippen molar-refractivity contribution in [1.29, 1.82) is 0 Å². The van der Waals surface area contributed by atoms with Gasteiger partial charge < -0.3 is 5.11 Å². The smallest absolute Gasteiger partial charge is 0.303 e. The van der Waals surface area contributed by atoms with Crippen molar-refractivity contribution in [2.45, 2.75) is 59.8 Å². The Morgan fingerprint density at radius 1 is 1.12 bits per heavy atom. The number of aliphatic carboxylic acids is 1. The third-order valence-electron chi connectivity index (χ3n) is 4.74. The van der Waals surface area contributed by atoms with E-state index in [2.05, 4.69) is 38.1 Å². The molecule has 1 atom stereocenters. The molecule has 0 bridgehead atoms. The second kappa shape index (κ2) is 8.17. The fourth-order valence-corrected chi connectivity index (χ4v) is 4.61. The summed E-state index contributed by atoms with van der Waals surface area (Å²) in [6.45, 7) is 9.89. The van der Waals surface area contributed by atoms with Crippen molar-refractivity contribution in [2.24, 2.45) is 5.41 Å². The van der Waals surface area contributed by atoms with Gasteiger partial charge in [-0.1, -0.05) is 50.6 Å². The maximum absolute atomic E-state index is 12.8. The number of hydrogen-bond donors (Lipinski definition) is 1. The zero-order valence-corrected chi connectivity index (χ0v) is 17.1. The lowest BCUT2D eigenvalue weighted by Crippen LogP contribution is -2.21. The molecule has 0 saturated heterocycles. The molecule has 140 valence electrons. The summed E-state index contributed by atoms with van der Waals surface area (Å²) in [5, 5.41) is 9.03. The third kappa shape index (κ3) is 5.04. The van der Waals surface area contributed by atoms with Gasteiger partial charge in [-0.05, 0) is 37.3 Å². The molecule has 0 fully saturated rings. The minimum Gasteiger partial charge on any atom is -0.481 e. The van der Waals surface area contributed by atoms with Crippen LogP contribution in [0.3, 0.4) is 0 Å². The third-order valence-corrected chi connectivity index (χ3v) is 5.90. The number of carbonyl (C=O) groups excluding carboxylic acids is 1. The fraction of sp³-hybridized carbons (Fsp3) is 0.455. The average Bonchev–Trinajstić information content (AvgIpc) is 2.90. The molecule has 0 saturated carbocycles. The SMILES string of the molecule is CCC(c1ccc(C)cc1)c1cc(C(=O)CC(C)(C)CC(=O)O)c(C)s1. The lowest BCUT2D eigenvalue weighted by Gasteiger charge is -2.21. The van der Waals surface area contributed by atoms with Crippen LogP contribution in [0.1, 0.15) is 77.2 Å². The number of benzene rings is 1. The van der Waals surface area contributed by atoms with E-state index in [1.54, 1.807) is 11.3 Å². The molecule has 2 aromatic rings. The van der Waals surface area contributed by atoms with E-state index >= 15 is 0 Å². The minimum atomic E-state index is -0.865. The van der Waals surface area contributed by atoms with Crippen LogP contribution in [0.15, 0.2) is 30.3 Å². The zero-order chi connectivity index (χ0) is 19.5. The first-order valence-corrected chi connectivity index (χ1v) is 9.86. The van der Waals surface area contributed by atoms with Gasteiger partial charge in [-0.15, -0.1) is 11.3 Å². The summed E-state index contributed by atoms with van der Waals surface area (Å²) in [7, 11) is 0. The number of Topliss-reactive ketones (excluding diaryl/α,β-unsaturated/α-hetero) is 1. The van der Waals surface area contributed by atoms with Gasteiger partial charge in [0.2, 0.25) is 0 Å². The highest BCUT2D eigenvalue weighted by atomic mass is 32.1. The molecule has 1 aromatic heterocycles. The molecule has 0 radical (unpaired) electrons. The van der Waals surface area contributed by atoms with Crippen molar-refractivity contribution in [1.82, 2.24) is 0 Å². The molecule has 0 amide bonds. The molecule has 4 heteroatoms. The highest BCUT2D eigenvalue weighted by molar-refractivity contribution is 7.12. The van der Waals surface area contributed by atoms with Crippen molar-refractivity contribution < 1.29 is 14.7 Å². The number of thiophene rings is 1. The lowest BCUT2D eigenvalue weighted by molar-refractivity contribution is -0.139. The summed E-state index contributed by atoms with van der Waals surface area (Å²) in [5.74, 6) is -0.543. The van der Waals surface area contributed by atoms with Gasteiger partial charge >= 0.3 is 5.97 Å². The number of aryl methyl sites for hydroxylation is 2. The van der Waals surface area contributed by atoms with Crippen LogP contribution >= 0.6 is 11.3 Å². The monoisotopic (exact) mass is 372 g/mol. The largest absolute Gasteiger partial charge is 0.481 e. The average molecular weight is 373 g/mol. The van der Waals surface area contributed by atoms with E-state index in [1.807, 2.05) is 26.8 Å². The van der Waals surface area contributed by atoms with Crippen LogP contribution in [-0.2, 0) is 4.79 Å². The highest BCUT2D eigenvalue weighted by Crippen LogP contribution is 2.36. The summed E-state index contributed by atoms with van der Waals surface area (Å²) in [4.78, 5) is 26.0. The molecule has 1 heterocycles. The molecule has 0 aliphatic rings. The quantitative estimate of drug-likeness (QED) is 0.580. The number of carbonyl (C=O) groups is 2. The highest BCUT2D eigenvalue weighted by Gasteiger charge is 2.28. The van der Waals surface area contributed by atoms with E-state index in [0.717, 1.165) is 16.9 Å². The van der Waals surface area contributed by atoms with Gasteiger partial charge in [0.15, 0.2) is 5.78 Å². The van der Waals surface area contributed by atoms with E-state index in [9.17, 15) is 9.59 Å². The topological polar surface area (TPSA) is 54.4 Å². The van der Waals surface area contributed by atoms with Crippen molar-refractivity contribution in [3.8, 4) is 0 Å². The van der Waals surface area contributed by atoms with Gasteiger partial charge in [0, 0.05) is 27.7 Å². The van der Waals surface area contributed by atoms with E-state index in [4.69, 9.17) is 5.11 Å².